The summed E-state index contributed by atoms with van der Waals surface area (Å²) in [6, 6.07) is 15.8. The van der Waals surface area contributed by atoms with Crippen LogP contribution in [-0.4, -0.2) is 26.0 Å². The number of hydrogen-bond acceptors (Lipinski definition) is 7. The molecule has 0 spiro atoms. The van der Waals surface area contributed by atoms with Crippen molar-refractivity contribution in [1.29, 1.82) is 0 Å². The second-order valence-electron chi connectivity index (χ2n) is 8.01. The standard InChI is InChI=1S/C26H21Cl2N3O6S.Na/c1-3-14-11-12-19(28)25(38(34,35)36)21(14)30-31-22-16-8-5-4-7-15(16)13-17(24(22)32)26(33)29-23-18(27)9-6-10-20(23)37-2;/h4-13,32H,3H2,1-2H3,(H,29,33)(H,34,35,36);/q;+1/p-1. The predicted octanol–water partition coefficient (Wildman–Crippen LogP) is 3.71. The second kappa shape index (κ2) is 12.6. The summed E-state index contributed by atoms with van der Waals surface area (Å²) >= 11 is 12.3. The molecule has 196 valence electrons. The Morgan fingerprint density at radius 2 is 1.72 bits per heavy atom. The normalized spacial score (nSPS) is 11.4. The van der Waals surface area contributed by atoms with Crippen molar-refractivity contribution in [3.63, 3.8) is 0 Å². The fourth-order valence-corrected chi connectivity index (χ4v) is 5.27. The fourth-order valence-electron chi connectivity index (χ4n) is 3.88. The van der Waals surface area contributed by atoms with Gasteiger partial charge in [0.2, 0.25) is 0 Å². The van der Waals surface area contributed by atoms with Crippen molar-refractivity contribution in [2.75, 3.05) is 12.4 Å². The number of carbonyl (C=O) groups is 1. The van der Waals surface area contributed by atoms with Gasteiger partial charge in [0, 0.05) is 10.9 Å². The van der Waals surface area contributed by atoms with Crippen LogP contribution in [0.1, 0.15) is 22.8 Å². The van der Waals surface area contributed by atoms with Crippen LogP contribution in [0.3, 0.4) is 0 Å². The minimum absolute atomic E-state index is 0. The van der Waals surface area contributed by atoms with Gasteiger partial charge in [0.05, 0.1) is 22.8 Å². The maximum absolute atomic E-state index is 13.5. The van der Waals surface area contributed by atoms with E-state index in [1.165, 1.54) is 19.2 Å². The monoisotopic (exact) mass is 595 g/mol. The first-order valence-electron chi connectivity index (χ1n) is 11.1. The Balaban J connectivity index is 0.00000420. The number of halogens is 2. The van der Waals surface area contributed by atoms with Crippen LogP contribution in [0.2, 0.25) is 10.0 Å². The molecule has 0 unspecified atom stereocenters. The van der Waals surface area contributed by atoms with E-state index in [0.29, 0.717) is 28.5 Å². The van der Waals surface area contributed by atoms with Crippen LogP contribution in [-0.2, 0) is 16.5 Å². The Morgan fingerprint density at radius 1 is 1.03 bits per heavy atom. The van der Waals surface area contributed by atoms with Crippen LogP contribution < -0.4 is 44.7 Å². The number of rotatable bonds is 7. The quantitative estimate of drug-likeness (QED) is 0.189. The zero-order chi connectivity index (χ0) is 27.6. The van der Waals surface area contributed by atoms with Crippen LogP contribution in [0.5, 0.6) is 11.5 Å². The van der Waals surface area contributed by atoms with Crippen molar-refractivity contribution in [1.82, 2.24) is 0 Å². The summed E-state index contributed by atoms with van der Waals surface area (Å²) in [6.45, 7) is 1.75. The Labute approximate surface area is 256 Å². The Hall–Kier alpha value is -2.70. The molecule has 0 aromatic heterocycles. The Kier molecular flexibility index (Phi) is 10.0. The van der Waals surface area contributed by atoms with Gasteiger partial charge in [-0.05, 0) is 41.6 Å². The minimum Gasteiger partial charge on any atom is -0.870 e. The summed E-state index contributed by atoms with van der Waals surface area (Å²) in [5, 5.41) is 25.1. The van der Waals surface area contributed by atoms with Crippen molar-refractivity contribution < 1.29 is 57.2 Å². The maximum atomic E-state index is 13.5. The van der Waals surface area contributed by atoms with Gasteiger partial charge in [0.25, 0.3) is 16.0 Å². The Morgan fingerprint density at radius 3 is 2.38 bits per heavy atom. The third-order valence-electron chi connectivity index (χ3n) is 5.71. The van der Waals surface area contributed by atoms with Crippen molar-refractivity contribution >= 4 is 67.1 Å². The zero-order valence-electron chi connectivity index (χ0n) is 21.0. The van der Waals surface area contributed by atoms with Crippen LogP contribution in [0, 0.1) is 0 Å². The number of aryl methyl sites for hydroxylation is 1. The van der Waals surface area contributed by atoms with E-state index in [4.69, 9.17) is 27.9 Å². The molecule has 0 fully saturated rings. The molecule has 0 bridgehead atoms. The number of nitrogens with zero attached hydrogens (tertiary/aromatic N) is 2. The maximum Gasteiger partial charge on any atom is 1.00 e. The third-order valence-corrected chi connectivity index (χ3v) is 7.38. The van der Waals surface area contributed by atoms with E-state index < -0.39 is 26.7 Å². The topological polar surface area (TPSA) is 140 Å². The first-order valence-corrected chi connectivity index (χ1v) is 13.3. The van der Waals surface area contributed by atoms with Crippen molar-refractivity contribution in [2.45, 2.75) is 18.2 Å². The van der Waals surface area contributed by atoms with E-state index in [2.05, 4.69) is 15.5 Å². The van der Waals surface area contributed by atoms with E-state index in [1.54, 1.807) is 55.5 Å². The van der Waals surface area contributed by atoms with E-state index >= 15 is 0 Å². The van der Waals surface area contributed by atoms with E-state index in [1.807, 2.05) is 0 Å². The molecule has 0 saturated heterocycles. The zero-order valence-corrected chi connectivity index (χ0v) is 25.4. The van der Waals surface area contributed by atoms with Crippen molar-refractivity contribution in [3.05, 3.63) is 81.8 Å². The molecule has 2 N–H and O–H groups in total. The number of fused-ring (bicyclic) bond motifs is 1. The minimum atomic E-state index is -4.77. The molecule has 0 aliphatic rings. The number of benzene rings is 4. The molecular weight excluding hydrogens is 576 g/mol. The number of nitrogens with one attached hydrogen (secondary N) is 1. The molecule has 9 nitrogen and oxygen atoms in total. The van der Waals surface area contributed by atoms with Gasteiger partial charge in [-0.3, -0.25) is 9.35 Å². The summed E-state index contributed by atoms with van der Waals surface area (Å²) in [5.41, 5.74) is -0.0651. The van der Waals surface area contributed by atoms with Gasteiger partial charge in [0.15, 0.2) is 0 Å². The largest absolute Gasteiger partial charge is 1.00 e. The first-order chi connectivity index (χ1) is 18.1. The molecule has 4 aromatic carbocycles. The summed E-state index contributed by atoms with van der Waals surface area (Å²) in [6.07, 6.45) is 0.334. The molecule has 0 atom stereocenters. The number of para-hydroxylation sites is 1. The smallest absolute Gasteiger partial charge is 0.870 e. The Bertz CT molecular complexity index is 1710. The van der Waals surface area contributed by atoms with Gasteiger partial charge >= 0.3 is 29.6 Å². The van der Waals surface area contributed by atoms with Gasteiger partial charge in [0.1, 0.15) is 22.0 Å². The van der Waals surface area contributed by atoms with E-state index in [9.17, 15) is 22.9 Å². The van der Waals surface area contributed by atoms with Gasteiger partial charge in [-0.2, -0.15) is 13.5 Å². The average molecular weight is 596 g/mol. The molecule has 0 aliphatic heterocycles. The molecule has 4 rings (SSSR count). The summed E-state index contributed by atoms with van der Waals surface area (Å²) < 4.78 is 39.1. The number of anilines is 1. The molecule has 0 radical (unpaired) electrons. The van der Waals surface area contributed by atoms with E-state index in [-0.39, 0.29) is 62.2 Å². The van der Waals surface area contributed by atoms with E-state index in [0.717, 1.165) is 0 Å². The number of ether oxygens (including phenoxy) is 1. The summed E-state index contributed by atoms with van der Waals surface area (Å²) in [4.78, 5) is 12.6. The number of azo groups is 1. The molecule has 0 heterocycles. The van der Waals surface area contributed by atoms with Crippen LogP contribution in [0.25, 0.3) is 10.8 Å². The molecule has 4 aromatic rings. The first kappa shape index (κ1) is 30.8. The van der Waals surface area contributed by atoms with Gasteiger partial charge in [-0.15, -0.1) is 5.11 Å². The number of hydrogen-bond donors (Lipinski definition) is 2. The second-order valence-corrected chi connectivity index (χ2v) is 10.2. The number of carbonyl (C=O) groups excluding carboxylic acids is 1. The molecule has 39 heavy (non-hydrogen) atoms. The SMILES string of the molecule is CCc1ccc(Cl)c(S(=O)(=O)O)c1N=Nc1c([O-])c(C(=O)Nc2c(Cl)cccc2OC)cc2ccccc12.[Na+]. The van der Waals surface area contributed by atoms with Crippen LogP contribution in [0.4, 0.5) is 17.1 Å². The van der Waals surface area contributed by atoms with Crippen LogP contribution in [0.15, 0.2) is 75.8 Å². The molecular formula is C26H20Cl2N3NaO6S. The average Bonchev–Trinajstić information content (AvgIpc) is 2.88. The van der Waals surface area contributed by atoms with Gasteiger partial charge < -0.3 is 15.2 Å². The third kappa shape index (κ3) is 6.38. The summed E-state index contributed by atoms with van der Waals surface area (Å²) in [5.74, 6) is -1.23. The molecule has 13 heteroatoms. The molecule has 0 saturated carbocycles. The fraction of sp³-hybridized carbons (Fsp3) is 0.115. The summed E-state index contributed by atoms with van der Waals surface area (Å²) in [7, 11) is -3.36. The van der Waals surface area contributed by atoms with Crippen LogP contribution >= 0.6 is 23.2 Å². The van der Waals surface area contributed by atoms with Gasteiger partial charge in [-0.25, -0.2) is 0 Å². The predicted molar refractivity (Wildman–Crippen MR) is 144 cm³/mol. The molecule has 1 amide bonds. The number of methoxy groups -OCH3 is 1. The van der Waals surface area contributed by atoms with Crippen molar-refractivity contribution in [2.24, 2.45) is 10.2 Å². The number of amides is 1. The van der Waals surface area contributed by atoms with Gasteiger partial charge in [-0.1, -0.05) is 72.3 Å². The molecule has 0 aliphatic carbocycles. The van der Waals surface area contributed by atoms with Crippen molar-refractivity contribution in [3.8, 4) is 11.5 Å².